The Labute approximate surface area is 164 Å². The fourth-order valence-corrected chi connectivity index (χ4v) is 4.28. The zero-order valence-corrected chi connectivity index (χ0v) is 16.4. The van der Waals surface area contributed by atoms with Gasteiger partial charge in [0.05, 0.1) is 45.1 Å². The molecule has 0 aromatic carbocycles. The highest BCUT2D eigenvalue weighted by molar-refractivity contribution is 5.91. The summed E-state index contributed by atoms with van der Waals surface area (Å²) in [5.41, 5.74) is 0. The van der Waals surface area contributed by atoms with Gasteiger partial charge >= 0.3 is 0 Å². The Balaban J connectivity index is 1.42. The van der Waals surface area contributed by atoms with Gasteiger partial charge in [-0.25, -0.2) is 4.68 Å². The van der Waals surface area contributed by atoms with Crippen LogP contribution in [0.4, 0.5) is 0 Å². The molecule has 2 aromatic rings. The first kappa shape index (κ1) is 19.1. The molecule has 0 saturated carbocycles. The Kier molecular flexibility index (Phi) is 6.01. The number of nitrogens with zero attached hydrogens (tertiary/aromatic N) is 5. The van der Waals surface area contributed by atoms with Crippen molar-refractivity contribution in [2.24, 2.45) is 0 Å². The number of amides is 1. The minimum Gasteiger partial charge on any atom is -0.459 e. The number of carbonyl (C=O) groups is 1. The van der Waals surface area contributed by atoms with E-state index in [-0.39, 0.29) is 18.1 Å². The van der Waals surface area contributed by atoms with Crippen molar-refractivity contribution in [2.75, 3.05) is 32.8 Å². The van der Waals surface area contributed by atoms with Crippen LogP contribution in [-0.4, -0.2) is 69.9 Å². The zero-order chi connectivity index (χ0) is 19.3. The molecule has 1 amide bonds. The molecule has 2 aromatic heterocycles. The molecule has 9 nitrogen and oxygen atoms in total. The molecule has 0 aliphatic carbocycles. The average molecular weight is 389 g/mol. The van der Waals surface area contributed by atoms with E-state index in [0.717, 1.165) is 57.7 Å². The van der Waals surface area contributed by atoms with Crippen LogP contribution in [0.15, 0.2) is 22.8 Å². The number of hydrogen-bond acceptors (Lipinski definition) is 6. The molecule has 2 atom stereocenters. The summed E-state index contributed by atoms with van der Waals surface area (Å²) in [5.74, 6) is 1.33. The number of piperazine rings is 1. The fraction of sp³-hybridized carbons (Fsp3) is 0.684. The SMILES string of the molecule is CCC[C@@H](c1nnnn1C[C@H]1CCCO1)[NH+]1CCN(C(=O)c2ccco2)CC1. The molecule has 0 unspecified atom stereocenters. The topological polar surface area (TPSA) is 90.7 Å². The first-order valence-electron chi connectivity index (χ1n) is 10.3. The van der Waals surface area contributed by atoms with Crippen LogP contribution in [0.5, 0.6) is 0 Å². The smallest absolute Gasteiger partial charge is 0.289 e. The van der Waals surface area contributed by atoms with Gasteiger partial charge < -0.3 is 19.0 Å². The lowest BCUT2D eigenvalue weighted by Gasteiger charge is -2.35. The predicted octanol–water partition coefficient (Wildman–Crippen LogP) is 0.327. The number of nitrogens with one attached hydrogen (secondary N) is 1. The average Bonchev–Trinajstić information content (AvgIpc) is 3.49. The van der Waals surface area contributed by atoms with Crippen LogP contribution >= 0.6 is 0 Å². The van der Waals surface area contributed by atoms with Crippen molar-refractivity contribution < 1.29 is 18.8 Å². The van der Waals surface area contributed by atoms with E-state index in [9.17, 15) is 4.79 Å². The van der Waals surface area contributed by atoms with Gasteiger partial charge in [-0.1, -0.05) is 13.3 Å². The maximum Gasteiger partial charge on any atom is 0.289 e. The molecule has 0 bridgehead atoms. The van der Waals surface area contributed by atoms with Crippen molar-refractivity contribution in [1.82, 2.24) is 25.1 Å². The third-order valence-corrected chi connectivity index (χ3v) is 5.77. The standard InChI is InChI=1S/C19H28N6O3/c1-2-5-16(18-20-21-22-25(18)14-15-6-3-12-27-15)23-8-10-24(11-9-23)19(26)17-7-4-13-28-17/h4,7,13,15-16H,2-3,5-6,8-12,14H2,1H3/p+1/t15-,16+/m1/s1. The molecule has 0 radical (unpaired) electrons. The van der Waals surface area contributed by atoms with Gasteiger partial charge in [0, 0.05) is 13.0 Å². The molecule has 2 aliphatic rings. The van der Waals surface area contributed by atoms with Gasteiger partial charge in [-0.05, 0) is 35.4 Å². The maximum atomic E-state index is 12.5. The Morgan fingerprint density at radius 2 is 2.25 bits per heavy atom. The van der Waals surface area contributed by atoms with Crippen LogP contribution in [0.1, 0.15) is 55.0 Å². The van der Waals surface area contributed by atoms with Crippen molar-refractivity contribution in [3.8, 4) is 0 Å². The number of aromatic nitrogens is 4. The quantitative estimate of drug-likeness (QED) is 0.734. The second-order valence-corrected chi connectivity index (χ2v) is 7.62. The second kappa shape index (κ2) is 8.83. The molecule has 2 aliphatic heterocycles. The third-order valence-electron chi connectivity index (χ3n) is 5.77. The summed E-state index contributed by atoms with van der Waals surface area (Å²) in [6, 6.07) is 3.71. The van der Waals surface area contributed by atoms with E-state index in [1.54, 1.807) is 18.4 Å². The molecule has 1 N–H and O–H groups in total. The summed E-state index contributed by atoms with van der Waals surface area (Å²) in [7, 11) is 0. The van der Waals surface area contributed by atoms with Crippen molar-refractivity contribution in [2.45, 2.75) is 51.3 Å². The van der Waals surface area contributed by atoms with Crippen molar-refractivity contribution in [1.29, 1.82) is 0 Å². The summed E-state index contributed by atoms with van der Waals surface area (Å²) < 4.78 is 13.0. The van der Waals surface area contributed by atoms with Crippen LogP contribution in [-0.2, 0) is 11.3 Å². The van der Waals surface area contributed by atoms with Crippen molar-refractivity contribution in [3.05, 3.63) is 30.0 Å². The number of tetrazole rings is 1. The van der Waals surface area contributed by atoms with E-state index >= 15 is 0 Å². The molecule has 0 spiro atoms. The Hall–Kier alpha value is -2.26. The number of hydrogen-bond donors (Lipinski definition) is 1. The normalized spacial score (nSPS) is 21.9. The maximum absolute atomic E-state index is 12.5. The molecule has 2 fully saturated rings. The molecule has 4 heterocycles. The minimum absolute atomic E-state index is 0.0284. The number of quaternary nitrogens is 1. The lowest BCUT2D eigenvalue weighted by molar-refractivity contribution is -0.936. The molecular formula is C19H29N6O3+. The zero-order valence-electron chi connectivity index (χ0n) is 16.4. The number of rotatable bonds is 7. The summed E-state index contributed by atoms with van der Waals surface area (Å²) >= 11 is 0. The van der Waals surface area contributed by atoms with Gasteiger partial charge in [-0.3, -0.25) is 4.79 Å². The molecule has 4 rings (SSSR count). The molecular weight excluding hydrogens is 360 g/mol. The van der Waals surface area contributed by atoms with Crippen LogP contribution < -0.4 is 4.90 Å². The third kappa shape index (κ3) is 4.10. The molecule has 28 heavy (non-hydrogen) atoms. The van der Waals surface area contributed by atoms with E-state index in [4.69, 9.17) is 9.15 Å². The number of ether oxygens (including phenoxy) is 1. The fourth-order valence-electron chi connectivity index (χ4n) is 4.28. The van der Waals surface area contributed by atoms with Gasteiger partial charge in [0.15, 0.2) is 5.76 Å². The highest BCUT2D eigenvalue weighted by Gasteiger charge is 2.34. The monoisotopic (exact) mass is 389 g/mol. The minimum atomic E-state index is -0.0284. The first-order chi connectivity index (χ1) is 13.8. The van der Waals surface area contributed by atoms with Gasteiger partial charge in [0.1, 0.15) is 6.04 Å². The van der Waals surface area contributed by atoms with Gasteiger partial charge in [-0.15, -0.1) is 5.10 Å². The Morgan fingerprint density at radius 1 is 1.39 bits per heavy atom. The van der Waals surface area contributed by atoms with Gasteiger partial charge in [-0.2, -0.15) is 0 Å². The largest absolute Gasteiger partial charge is 0.459 e. The predicted molar refractivity (Wildman–Crippen MR) is 99.7 cm³/mol. The number of carbonyl (C=O) groups excluding carboxylic acids is 1. The summed E-state index contributed by atoms with van der Waals surface area (Å²) in [5, 5.41) is 12.6. The lowest BCUT2D eigenvalue weighted by atomic mass is 10.1. The summed E-state index contributed by atoms with van der Waals surface area (Å²) in [6.45, 7) is 6.92. The summed E-state index contributed by atoms with van der Waals surface area (Å²) in [6.07, 6.45) is 6.01. The Bertz CT molecular complexity index is 748. The second-order valence-electron chi connectivity index (χ2n) is 7.62. The van der Waals surface area contributed by atoms with Gasteiger partial charge in [0.25, 0.3) is 5.91 Å². The van der Waals surface area contributed by atoms with E-state index in [2.05, 4.69) is 22.4 Å². The van der Waals surface area contributed by atoms with Crippen LogP contribution in [0.3, 0.4) is 0 Å². The van der Waals surface area contributed by atoms with Crippen molar-refractivity contribution in [3.63, 3.8) is 0 Å². The highest BCUT2D eigenvalue weighted by atomic mass is 16.5. The number of furan rings is 1. The molecule has 2 saturated heterocycles. The molecule has 9 heteroatoms. The van der Waals surface area contributed by atoms with E-state index in [1.807, 2.05) is 9.58 Å². The van der Waals surface area contributed by atoms with E-state index in [1.165, 1.54) is 4.90 Å². The summed E-state index contributed by atoms with van der Waals surface area (Å²) in [4.78, 5) is 15.8. The van der Waals surface area contributed by atoms with Crippen LogP contribution in [0.25, 0.3) is 0 Å². The van der Waals surface area contributed by atoms with Crippen molar-refractivity contribution >= 4 is 5.91 Å². The van der Waals surface area contributed by atoms with Gasteiger partial charge in [0.2, 0.25) is 5.82 Å². The van der Waals surface area contributed by atoms with Crippen LogP contribution in [0, 0.1) is 0 Å². The Morgan fingerprint density at radius 3 is 2.93 bits per heavy atom. The van der Waals surface area contributed by atoms with E-state index in [0.29, 0.717) is 18.8 Å². The van der Waals surface area contributed by atoms with Crippen LogP contribution in [0.2, 0.25) is 0 Å². The molecule has 152 valence electrons. The highest BCUT2D eigenvalue weighted by Crippen LogP contribution is 2.18. The van der Waals surface area contributed by atoms with E-state index < -0.39 is 0 Å². The first-order valence-corrected chi connectivity index (χ1v) is 10.3. The lowest BCUT2D eigenvalue weighted by Crippen LogP contribution is -3.15.